The number of aryl methyl sites for hydroxylation is 1. The Hall–Kier alpha value is -1.55. The summed E-state index contributed by atoms with van der Waals surface area (Å²) in [6.45, 7) is 5.89. The molecule has 18 heavy (non-hydrogen) atoms. The molecule has 100 valence electrons. The van der Waals surface area contributed by atoms with E-state index in [0.29, 0.717) is 30.9 Å². The highest BCUT2D eigenvalue weighted by molar-refractivity contribution is 5.97. The van der Waals surface area contributed by atoms with Crippen LogP contribution in [0.15, 0.2) is 18.2 Å². The Bertz CT molecular complexity index is 405. The molecule has 0 aliphatic carbocycles. The maximum atomic E-state index is 12.4. The lowest BCUT2D eigenvalue weighted by molar-refractivity contribution is 0.0760. The summed E-state index contributed by atoms with van der Waals surface area (Å²) < 4.78 is 5.25. The van der Waals surface area contributed by atoms with Gasteiger partial charge in [-0.25, -0.2) is 0 Å². The molecular formula is C14H22N2O2. The summed E-state index contributed by atoms with van der Waals surface area (Å²) in [5.41, 5.74) is 7.16. The van der Waals surface area contributed by atoms with Gasteiger partial charge in [0.15, 0.2) is 0 Å². The number of carbonyl (C=O) groups excluding carboxylic acids is 1. The molecule has 1 amide bonds. The number of hydrogen-bond acceptors (Lipinski definition) is 3. The van der Waals surface area contributed by atoms with E-state index in [9.17, 15) is 4.79 Å². The van der Waals surface area contributed by atoms with Gasteiger partial charge in [0.25, 0.3) is 5.91 Å². The monoisotopic (exact) mass is 250 g/mol. The highest BCUT2D eigenvalue weighted by Gasteiger charge is 2.18. The molecule has 0 aliphatic heterocycles. The van der Waals surface area contributed by atoms with Crippen molar-refractivity contribution in [2.24, 2.45) is 5.73 Å². The fourth-order valence-corrected chi connectivity index (χ4v) is 1.84. The molecule has 0 aliphatic rings. The Morgan fingerprint density at radius 3 is 2.72 bits per heavy atom. The Kier molecular flexibility index (Phi) is 5.65. The van der Waals surface area contributed by atoms with Gasteiger partial charge in [-0.2, -0.15) is 0 Å². The van der Waals surface area contributed by atoms with Crippen molar-refractivity contribution in [1.29, 1.82) is 0 Å². The first-order valence-electron chi connectivity index (χ1n) is 6.28. The van der Waals surface area contributed by atoms with Crippen LogP contribution in [-0.2, 0) is 0 Å². The molecule has 2 N–H and O–H groups in total. The van der Waals surface area contributed by atoms with Gasteiger partial charge in [-0.1, -0.05) is 11.6 Å². The van der Waals surface area contributed by atoms with E-state index in [4.69, 9.17) is 10.5 Å². The summed E-state index contributed by atoms with van der Waals surface area (Å²) >= 11 is 0. The quantitative estimate of drug-likeness (QED) is 0.837. The standard InChI is InChI=1S/C14H22N2O2/c1-4-16(9-5-8-15)14(17)12-10-11(2)6-7-13(12)18-3/h6-7,10H,4-5,8-9,15H2,1-3H3. The van der Waals surface area contributed by atoms with Gasteiger partial charge >= 0.3 is 0 Å². The van der Waals surface area contributed by atoms with E-state index in [-0.39, 0.29) is 5.91 Å². The summed E-state index contributed by atoms with van der Waals surface area (Å²) in [6.07, 6.45) is 0.813. The third kappa shape index (κ3) is 3.47. The van der Waals surface area contributed by atoms with Gasteiger partial charge in [0.2, 0.25) is 0 Å². The summed E-state index contributed by atoms with van der Waals surface area (Å²) in [5, 5.41) is 0. The molecule has 0 atom stereocenters. The number of hydrogen-bond donors (Lipinski definition) is 1. The van der Waals surface area contributed by atoms with Crippen LogP contribution in [0, 0.1) is 6.92 Å². The zero-order chi connectivity index (χ0) is 13.5. The Morgan fingerprint density at radius 1 is 1.44 bits per heavy atom. The second kappa shape index (κ2) is 7.01. The maximum absolute atomic E-state index is 12.4. The van der Waals surface area contributed by atoms with Crippen molar-refractivity contribution in [1.82, 2.24) is 4.90 Å². The van der Waals surface area contributed by atoms with Crippen molar-refractivity contribution in [3.8, 4) is 5.75 Å². The van der Waals surface area contributed by atoms with Crippen LogP contribution in [0.25, 0.3) is 0 Å². The molecule has 0 spiro atoms. The highest BCUT2D eigenvalue weighted by Crippen LogP contribution is 2.21. The number of methoxy groups -OCH3 is 1. The Balaban J connectivity index is 2.96. The highest BCUT2D eigenvalue weighted by atomic mass is 16.5. The topological polar surface area (TPSA) is 55.6 Å². The van der Waals surface area contributed by atoms with Crippen LogP contribution in [0.3, 0.4) is 0 Å². The summed E-state index contributed by atoms with van der Waals surface area (Å²) in [5.74, 6) is 0.628. The molecule has 4 nitrogen and oxygen atoms in total. The van der Waals surface area contributed by atoms with Crippen molar-refractivity contribution in [2.75, 3.05) is 26.7 Å². The molecule has 0 fully saturated rings. The molecule has 0 aromatic heterocycles. The molecule has 1 aromatic carbocycles. The third-order valence-corrected chi connectivity index (χ3v) is 2.89. The molecule has 0 radical (unpaired) electrons. The van der Waals surface area contributed by atoms with E-state index in [2.05, 4.69) is 0 Å². The fourth-order valence-electron chi connectivity index (χ4n) is 1.84. The molecule has 1 rings (SSSR count). The fraction of sp³-hybridized carbons (Fsp3) is 0.500. The number of amides is 1. The zero-order valence-corrected chi connectivity index (χ0v) is 11.4. The molecule has 0 saturated heterocycles. The normalized spacial score (nSPS) is 10.2. The van der Waals surface area contributed by atoms with Crippen LogP contribution >= 0.6 is 0 Å². The Morgan fingerprint density at radius 2 is 2.17 bits per heavy atom. The first kappa shape index (κ1) is 14.5. The lowest BCUT2D eigenvalue weighted by atomic mass is 10.1. The average Bonchev–Trinajstić information content (AvgIpc) is 2.39. The second-order valence-corrected chi connectivity index (χ2v) is 4.23. The van der Waals surface area contributed by atoms with E-state index in [0.717, 1.165) is 12.0 Å². The van der Waals surface area contributed by atoms with Crippen molar-refractivity contribution >= 4 is 5.91 Å². The minimum absolute atomic E-state index is 0.00602. The van der Waals surface area contributed by atoms with Crippen molar-refractivity contribution < 1.29 is 9.53 Å². The van der Waals surface area contributed by atoms with Crippen molar-refractivity contribution in [2.45, 2.75) is 20.3 Å². The van der Waals surface area contributed by atoms with Crippen LogP contribution in [0.2, 0.25) is 0 Å². The van der Waals surface area contributed by atoms with Crippen LogP contribution in [0.5, 0.6) is 5.75 Å². The van der Waals surface area contributed by atoms with Crippen LogP contribution in [-0.4, -0.2) is 37.6 Å². The minimum Gasteiger partial charge on any atom is -0.496 e. The summed E-state index contributed by atoms with van der Waals surface area (Å²) in [4.78, 5) is 14.2. The maximum Gasteiger partial charge on any atom is 0.257 e. The first-order valence-corrected chi connectivity index (χ1v) is 6.28. The molecular weight excluding hydrogens is 228 g/mol. The largest absolute Gasteiger partial charge is 0.496 e. The predicted molar refractivity (Wildman–Crippen MR) is 73.0 cm³/mol. The molecule has 0 bridgehead atoms. The van der Waals surface area contributed by atoms with Gasteiger partial charge in [0, 0.05) is 13.1 Å². The number of nitrogens with zero attached hydrogens (tertiary/aromatic N) is 1. The summed E-state index contributed by atoms with van der Waals surface area (Å²) in [6, 6.07) is 5.64. The van der Waals surface area contributed by atoms with Crippen molar-refractivity contribution in [3.05, 3.63) is 29.3 Å². The molecule has 0 unspecified atom stereocenters. The molecule has 0 saturated carbocycles. The predicted octanol–water partition coefficient (Wildman–Crippen LogP) is 1.81. The van der Waals surface area contributed by atoms with Crippen molar-refractivity contribution in [3.63, 3.8) is 0 Å². The number of rotatable bonds is 6. The Labute approximate surface area is 109 Å². The lowest BCUT2D eigenvalue weighted by Gasteiger charge is -2.22. The van der Waals surface area contributed by atoms with Gasteiger partial charge < -0.3 is 15.4 Å². The average molecular weight is 250 g/mol. The number of benzene rings is 1. The third-order valence-electron chi connectivity index (χ3n) is 2.89. The molecule has 1 aromatic rings. The van der Waals surface area contributed by atoms with Gasteiger partial charge in [0.1, 0.15) is 5.75 Å². The van der Waals surface area contributed by atoms with Crippen LogP contribution in [0.4, 0.5) is 0 Å². The minimum atomic E-state index is 0.00602. The SMILES string of the molecule is CCN(CCCN)C(=O)c1cc(C)ccc1OC. The van der Waals surface area contributed by atoms with Crippen LogP contribution < -0.4 is 10.5 Å². The second-order valence-electron chi connectivity index (χ2n) is 4.23. The van der Waals surface area contributed by atoms with Gasteiger partial charge in [0.05, 0.1) is 12.7 Å². The van der Waals surface area contributed by atoms with Gasteiger partial charge in [-0.15, -0.1) is 0 Å². The molecule has 0 heterocycles. The van der Waals surface area contributed by atoms with Gasteiger partial charge in [-0.05, 0) is 38.9 Å². The van der Waals surface area contributed by atoms with E-state index in [1.165, 1.54) is 0 Å². The summed E-state index contributed by atoms with van der Waals surface area (Å²) in [7, 11) is 1.58. The number of nitrogens with two attached hydrogens (primary N) is 1. The van der Waals surface area contributed by atoms with Gasteiger partial charge in [-0.3, -0.25) is 4.79 Å². The zero-order valence-electron chi connectivity index (χ0n) is 11.4. The number of ether oxygens (including phenoxy) is 1. The van der Waals surface area contributed by atoms with Crippen LogP contribution in [0.1, 0.15) is 29.3 Å². The lowest BCUT2D eigenvalue weighted by Crippen LogP contribution is -2.33. The van der Waals surface area contributed by atoms with E-state index in [1.807, 2.05) is 32.0 Å². The molecule has 4 heteroatoms. The van der Waals surface area contributed by atoms with E-state index >= 15 is 0 Å². The number of carbonyl (C=O) groups is 1. The smallest absolute Gasteiger partial charge is 0.257 e. The first-order chi connectivity index (χ1) is 8.63. The van der Waals surface area contributed by atoms with E-state index in [1.54, 1.807) is 12.0 Å². The van der Waals surface area contributed by atoms with E-state index < -0.39 is 0 Å².